The first kappa shape index (κ1) is 8.81. The van der Waals surface area contributed by atoms with Crippen LogP contribution in [0.25, 0.3) is 10.8 Å². The maximum Gasteiger partial charge on any atom is 0.126 e. The topological polar surface area (TPSA) is 9.23 Å². The van der Waals surface area contributed by atoms with Crippen LogP contribution in [0.15, 0.2) is 36.4 Å². The maximum atomic E-state index is 5.26. The molecule has 0 amide bonds. The van der Waals surface area contributed by atoms with Crippen LogP contribution in [0.3, 0.4) is 0 Å². The quantitative estimate of drug-likeness (QED) is 0.729. The molecule has 0 spiro atoms. The molecule has 0 N–H and O–H groups in total. The van der Waals surface area contributed by atoms with E-state index in [1.807, 2.05) is 12.1 Å². The van der Waals surface area contributed by atoms with E-state index in [1.165, 1.54) is 14.3 Å². The predicted molar refractivity (Wildman–Crippen MR) is 63.2 cm³/mol. The number of halogens is 1. The fourth-order valence-corrected chi connectivity index (χ4v) is 1.92. The molecule has 0 saturated heterocycles. The normalized spacial score (nSPS) is 10.3. The van der Waals surface area contributed by atoms with Crippen LogP contribution < -0.4 is 4.74 Å². The highest BCUT2D eigenvalue weighted by atomic mass is 127. The van der Waals surface area contributed by atoms with Crippen molar-refractivity contribution in [2.45, 2.75) is 0 Å². The van der Waals surface area contributed by atoms with Gasteiger partial charge in [-0.3, -0.25) is 0 Å². The molecular formula is C11H9IO. The summed E-state index contributed by atoms with van der Waals surface area (Å²) >= 11 is 2.31. The summed E-state index contributed by atoms with van der Waals surface area (Å²) in [4.78, 5) is 0. The number of fused-ring (bicyclic) bond motifs is 1. The summed E-state index contributed by atoms with van der Waals surface area (Å²) in [6.45, 7) is 0. The van der Waals surface area contributed by atoms with Crippen LogP contribution in [0, 0.1) is 3.57 Å². The van der Waals surface area contributed by atoms with Crippen molar-refractivity contribution in [2.75, 3.05) is 7.11 Å². The second kappa shape index (κ2) is 3.54. The summed E-state index contributed by atoms with van der Waals surface area (Å²) in [6.07, 6.45) is 0. The summed E-state index contributed by atoms with van der Waals surface area (Å²) in [5.41, 5.74) is 0. The molecule has 0 unspecified atom stereocenters. The van der Waals surface area contributed by atoms with Gasteiger partial charge in [-0.25, -0.2) is 0 Å². The highest BCUT2D eigenvalue weighted by molar-refractivity contribution is 14.1. The average Bonchev–Trinajstić information content (AvgIpc) is 2.16. The van der Waals surface area contributed by atoms with Crippen molar-refractivity contribution >= 4 is 33.4 Å². The maximum absolute atomic E-state index is 5.26. The van der Waals surface area contributed by atoms with Gasteiger partial charge >= 0.3 is 0 Å². The third kappa shape index (κ3) is 1.63. The Morgan fingerprint density at radius 1 is 1.15 bits per heavy atom. The largest absolute Gasteiger partial charge is 0.496 e. The molecule has 0 aromatic heterocycles. The zero-order valence-electron chi connectivity index (χ0n) is 7.25. The van der Waals surface area contributed by atoms with Gasteiger partial charge in [0.1, 0.15) is 5.75 Å². The molecule has 13 heavy (non-hydrogen) atoms. The van der Waals surface area contributed by atoms with E-state index in [0.717, 1.165) is 5.75 Å². The van der Waals surface area contributed by atoms with Gasteiger partial charge < -0.3 is 4.74 Å². The molecule has 0 fully saturated rings. The van der Waals surface area contributed by atoms with Gasteiger partial charge in [-0.05, 0) is 52.2 Å². The van der Waals surface area contributed by atoms with Crippen LogP contribution in [0.2, 0.25) is 0 Å². The molecule has 2 heteroatoms. The molecule has 2 rings (SSSR count). The van der Waals surface area contributed by atoms with Gasteiger partial charge in [-0.15, -0.1) is 0 Å². The Bertz CT molecular complexity index is 437. The third-order valence-electron chi connectivity index (χ3n) is 2.02. The van der Waals surface area contributed by atoms with E-state index in [2.05, 4.69) is 46.9 Å². The van der Waals surface area contributed by atoms with E-state index in [1.54, 1.807) is 7.11 Å². The predicted octanol–water partition coefficient (Wildman–Crippen LogP) is 3.45. The van der Waals surface area contributed by atoms with E-state index in [-0.39, 0.29) is 0 Å². The SMILES string of the molecule is COc1cccc2cc(I)ccc12. The number of hydrogen-bond donors (Lipinski definition) is 0. The summed E-state index contributed by atoms with van der Waals surface area (Å²) in [5.74, 6) is 0.939. The molecule has 0 aliphatic rings. The minimum Gasteiger partial charge on any atom is -0.496 e. The van der Waals surface area contributed by atoms with Gasteiger partial charge in [0, 0.05) is 8.96 Å². The second-order valence-corrected chi connectivity index (χ2v) is 4.07. The molecule has 0 radical (unpaired) electrons. The van der Waals surface area contributed by atoms with Crippen molar-refractivity contribution in [2.24, 2.45) is 0 Å². The zero-order valence-corrected chi connectivity index (χ0v) is 9.41. The molecule has 0 heterocycles. The van der Waals surface area contributed by atoms with Gasteiger partial charge in [0.25, 0.3) is 0 Å². The zero-order chi connectivity index (χ0) is 9.26. The summed E-state index contributed by atoms with van der Waals surface area (Å²) in [5, 5.41) is 2.40. The smallest absolute Gasteiger partial charge is 0.126 e. The van der Waals surface area contributed by atoms with Crippen LogP contribution >= 0.6 is 22.6 Å². The summed E-state index contributed by atoms with van der Waals surface area (Å²) in [6, 6.07) is 12.4. The second-order valence-electron chi connectivity index (χ2n) is 2.83. The van der Waals surface area contributed by atoms with Gasteiger partial charge in [0.2, 0.25) is 0 Å². The molecule has 0 aliphatic heterocycles. The van der Waals surface area contributed by atoms with E-state index in [9.17, 15) is 0 Å². The van der Waals surface area contributed by atoms with Crippen LogP contribution in [0.1, 0.15) is 0 Å². The molecule has 0 aliphatic carbocycles. The number of rotatable bonds is 1. The standard InChI is InChI=1S/C11H9IO/c1-13-11-4-2-3-8-7-9(12)5-6-10(8)11/h2-7H,1H3. The van der Waals surface area contributed by atoms with Crippen molar-refractivity contribution in [3.05, 3.63) is 40.0 Å². The Hall–Kier alpha value is -0.770. The molecule has 2 aromatic carbocycles. The Balaban J connectivity index is 2.77. The van der Waals surface area contributed by atoms with E-state index < -0.39 is 0 Å². The van der Waals surface area contributed by atoms with Crippen LogP contribution in [-0.2, 0) is 0 Å². The van der Waals surface area contributed by atoms with E-state index in [0.29, 0.717) is 0 Å². The lowest BCUT2D eigenvalue weighted by Gasteiger charge is -2.04. The van der Waals surface area contributed by atoms with Gasteiger partial charge in [-0.1, -0.05) is 12.1 Å². The van der Waals surface area contributed by atoms with Gasteiger partial charge in [0.15, 0.2) is 0 Å². The fraction of sp³-hybridized carbons (Fsp3) is 0.0909. The van der Waals surface area contributed by atoms with Crippen LogP contribution in [0.4, 0.5) is 0 Å². The lowest BCUT2D eigenvalue weighted by Crippen LogP contribution is -1.84. The minimum absolute atomic E-state index is 0.939. The molecule has 2 aromatic rings. The molecule has 0 saturated carbocycles. The highest BCUT2D eigenvalue weighted by Crippen LogP contribution is 2.26. The fourth-order valence-electron chi connectivity index (χ4n) is 1.40. The van der Waals surface area contributed by atoms with Gasteiger partial charge in [-0.2, -0.15) is 0 Å². The van der Waals surface area contributed by atoms with E-state index >= 15 is 0 Å². The summed E-state index contributed by atoms with van der Waals surface area (Å²) in [7, 11) is 1.70. The first-order valence-electron chi connectivity index (χ1n) is 4.03. The average molecular weight is 284 g/mol. The number of hydrogen-bond acceptors (Lipinski definition) is 1. The van der Waals surface area contributed by atoms with Crippen molar-refractivity contribution in [1.82, 2.24) is 0 Å². The first-order chi connectivity index (χ1) is 6.31. The first-order valence-corrected chi connectivity index (χ1v) is 5.11. The molecule has 0 bridgehead atoms. The monoisotopic (exact) mass is 284 g/mol. The van der Waals surface area contributed by atoms with Crippen LogP contribution in [-0.4, -0.2) is 7.11 Å². The van der Waals surface area contributed by atoms with E-state index in [4.69, 9.17) is 4.74 Å². The molecule has 1 nitrogen and oxygen atoms in total. The Morgan fingerprint density at radius 2 is 2.00 bits per heavy atom. The lowest BCUT2D eigenvalue weighted by molar-refractivity contribution is 0.420. The van der Waals surface area contributed by atoms with Crippen molar-refractivity contribution in [3.63, 3.8) is 0 Å². The Morgan fingerprint density at radius 3 is 2.77 bits per heavy atom. The Labute approximate surface area is 90.9 Å². The number of benzene rings is 2. The minimum atomic E-state index is 0.939. The number of methoxy groups -OCH3 is 1. The van der Waals surface area contributed by atoms with Crippen LogP contribution in [0.5, 0.6) is 5.75 Å². The third-order valence-corrected chi connectivity index (χ3v) is 2.69. The molecule has 0 atom stereocenters. The van der Waals surface area contributed by atoms with Crippen molar-refractivity contribution in [3.8, 4) is 5.75 Å². The Kier molecular flexibility index (Phi) is 2.40. The lowest BCUT2D eigenvalue weighted by atomic mass is 10.1. The van der Waals surface area contributed by atoms with Crippen molar-refractivity contribution in [1.29, 1.82) is 0 Å². The molecular weight excluding hydrogens is 275 g/mol. The highest BCUT2D eigenvalue weighted by Gasteiger charge is 1.99. The summed E-state index contributed by atoms with van der Waals surface area (Å²) < 4.78 is 6.51. The van der Waals surface area contributed by atoms with Crippen molar-refractivity contribution < 1.29 is 4.74 Å². The molecule has 66 valence electrons. The number of ether oxygens (including phenoxy) is 1. The van der Waals surface area contributed by atoms with Gasteiger partial charge in [0.05, 0.1) is 7.11 Å².